The van der Waals surface area contributed by atoms with Gasteiger partial charge in [0, 0.05) is 25.8 Å². The van der Waals surface area contributed by atoms with Crippen molar-refractivity contribution < 1.29 is 13.5 Å². The largest absolute Gasteiger partial charge is 0.389 e. The zero-order chi connectivity index (χ0) is 16.3. The number of nitrogens with zero attached hydrogens (tertiary/aromatic N) is 2. The molecular formula is C13H22ClN3O3S. The van der Waals surface area contributed by atoms with Gasteiger partial charge in [0.1, 0.15) is 10.7 Å². The summed E-state index contributed by atoms with van der Waals surface area (Å²) < 4.78 is 26.3. The lowest BCUT2D eigenvalue weighted by atomic mass is 10.1. The summed E-state index contributed by atoms with van der Waals surface area (Å²) in [5.41, 5.74) is -1.12. The van der Waals surface area contributed by atoms with Crippen molar-refractivity contribution in [2.45, 2.75) is 38.2 Å². The molecule has 8 heteroatoms. The molecule has 0 radical (unpaired) electrons. The molecule has 0 saturated heterocycles. The van der Waals surface area contributed by atoms with Crippen LogP contribution in [0.25, 0.3) is 0 Å². The van der Waals surface area contributed by atoms with Gasteiger partial charge in [0.15, 0.2) is 0 Å². The molecule has 0 unspecified atom stereocenters. The van der Waals surface area contributed by atoms with Crippen molar-refractivity contribution in [3.63, 3.8) is 0 Å². The van der Waals surface area contributed by atoms with Gasteiger partial charge in [-0.15, -0.1) is 0 Å². The van der Waals surface area contributed by atoms with Crippen LogP contribution in [0.3, 0.4) is 0 Å². The molecule has 0 aliphatic heterocycles. The van der Waals surface area contributed by atoms with Crippen molar-refractivity contribution in [3.05, 3.63) is 17.3 Å². The number of pyridine rings is 1. The van der Waals surface area contributed by atoms with Crippen LogP contribution in [0.15, 0.2) is 17.2 Å². The number of hydrogen-bond acceptors (Lipinski definition) is 5. The predicted molar refractivity (Wildman–Crippen MR) is 84.1 cm³/mol. The van der Waals surface area contributed by atoms with Crippen LogP contribution < -0.4 is 5.32 Å². The number of hydrogen-bond donors (Lipinski definition) is 2. The van der Waals surface area contributed by atoms with Gasteiger partial charge in [0.05, 0.1) is 10.6 Å². The Kier molecular flexibility index (Phi) is 5.98. The van der Waals surface area contributed by atoms with E-state index in [9.17, 15) is 13.5 Å². The molecule has 1 rings (SSSR count). The maximum atomic E-state index is 12.6. The summed E-state index contributed by atoms with van der Waals surface area (Å²) in [6.45, 7) is 7.61. The van der Waals surface area contributed by atoms with E-state index in [0.29, 0.717) is 12.4 Å². The molecule has 0 bridgehead atoms. The first-order valence-electron chi connectivity index (χ1n) is 6.73. The third kappa shape index (κ3) is 4.81. The molecule has 0 atom stereocenters. The number of aromatic nitrogens is 1. The number of aliphatic hydroxyl groups is 1. The highest BCUT2D eigenvalue weighted by molar-refractivity contribution is 7.89. The molecule has 21 heavy (non-hydrogen) atoms. The van der Waals surface area contributed by atoms with Gasteiger partial charge in [-0.1, -0.05) is 18.5 Å². The Hall–Kier alpha value is -0.890. The minimum atomic E-state index is -3.74. The molecule has 6 nitrogen and oxygen atoms in total. The fourth-order valence-corrected chi connectivity index (χ4v) is 3.68. The topological polar surface area (TPSA) is 82.5 Å². The van der Waals surface area contributed by atoms with E-state index in [2.05, 4.69) is 10.3 Å². The van der Waals surface area contributed by atoms with Gasteiger partial charge < -0.3 is 10.4 Å². The van der Waals surface area contributed by atoms with E-state index < -0.39 is 15.6 Å². The lowest BCUT2D eigenvalue weighted by Crippen LogP contribution is -2.42. The summed E-state index contributed by atoms with van der Waals surface area (Å²) in [7, 11) is -3.74. The van der Waals surface area contributed by atoms with Gasteiger partial charge >= 0.3 is 0 Å². The highest BCUT2D eigenvalue weighted by atomic mass is 35.5. The minimum absolute atomic E-state index is 0.00157. The van der Waals surface area contributed by atoms with E-state index in [1.807, 2.05) is 6.92 Å². The Balaban J connectivity index is 3.14. The van der Waals surface area contributed by atoms with E-state index in [1.54, 1.807) is 20.8 Å². The van der Waals surface area contributed by atoms with Gasteiger partial charge in [-0.2, -0.15) is 4.31 Å². The van der Waals surface area contributed by atoms with Crippen molar-refractivity contribution in [2.24, 2.45) is 0 Å². The molecule has 2 N–H and O–H groups in total. The Bertz CT molecular complexity index is 585. The Morgan fingerprint density at radius 2 is 2.05 bits per heavy atom. The zero-order valence-corrected chi connectivity index (χ0v) is 14.3. The van der Waals surface area contributed by atoms with E-state index in [-0.39, 0.29) is 23.0 Å². The normalized spacial score (nSPS) is 12.7. The summed E-state index contributed by atoms with van der Waals surface area (Å²) in [5, 5.41) is 13.0. The van der Waals surface area contributed by atoms with Crippen LogP contribution in [0.4, 0.5) is 5.82 Å². The van der Waals surface area contributed by atoms with Gasteiger partial charge in [-0.05, 0) is 26.8 Å². The quantitative estimate of drug-likeness (QED) is 0.795. The molecule has 0 saturated carbocycles. The van der Waals surface area contributed by atoms with Crippen LogP contribution in [0.5, 0.6) is 0 Å². The molecule has 1 aromatic rings. The number of anilines is 1. The van der Waals surface area contributed by atoms with Gasteiger partial charge in [-0.25, -0.2) is 13.4 Å². The van der Waals surface area contributed by atoms with Crippen molar-refractivity contribution >= 4 is 27.4 Å². The lowest BCUT2D eigenvalue weighted by molar-refractivity contribution is 0.0601. The summed E-state index contributed by atoms with van der Waals surface area (Å²) >= 11 is 6.04. The molecule has 0 aromatic carbocycles. The summed E-state index contributed by atoms with van der Waals surface area (Å²) in [6.07, 6.45) is 1.27. The molecule has 0 fully saturated rings. The monoisotopic (exact) mass is 335 g/mol. The maximum absolute atomic E-state index is 12.6. The first-order chi connectivity index (χ1) is 9.61. The van der Waals surface area contributed by atoms with Crippen molar-refractivity contribution in [2.75, 3.05) is 25.0 Å². The van der Waals surface area contributed by atoms with E-state index in [4.69, 9.17) is 11.6 Å². The minimum Gasteiger partial charge on any atom is -0.389 e. The Morgan fingerprint density at radius 3 is 2.48 bits per heavy atom. The highest BCUT2D eigenvalue weighted by Gasteiger charge is 2.29. The summed E-state index contributed by atoms with van der Waals surface area (Å²) in [6, 6.07) is 1.37. The molecule has 0 aliphatic rings. The van der Waals surface area contributed by atoms with E-state index >= 15 is 0 Å². The summed E-state index contributed by atoms with van der Waals surface area (Å²) in [4.78, 5) is 4.05. The molecule has 0 aliphatic carbocycles. The van der Waals surface area contributed by atoms with Crippen LogP contribution in [-0.2, 0) is 10.0 Å². The predicted octanol–water partition coefficient (Wildman–Crippen LogP) is 1.95. The van der Waals surface area contributed by atoms with Gasteiger partial charge in [0.25, 0.3) is 0 Å². The smallest absolute Gasteiger partial charge is 0.244 e. The fraction of sp³-hybridized carbons (Fsp3) is 0.615. The first kappa shape index (κ1) is 18.2. The first-order valence-corrected chi connectivity index (χ1v) is 8.55. The molecule has 1 aromatic heterocycles. The highest BCUT2D eigenvalue weighted by Crippen LogP contribution is 2.25. The van der Waals surface area contributed by atoms with Crippen molar-refractivity contribution in [3.8, 4) is 0 Å². The number of likely N-dealkylation sites (N-methyl/N-ethyl adjacent to an activating group) is 1. The second-order valence-electron chi connectivity index (χ2n) is 5.28. The number of halogens is 1. The second kappa shape index (κ2) is 6.91. The molecular weight excluding hydrogens is 314 g/mol. The van der Waals surface area contributed by atoms with Crippen LogP contribution in [-0.4, -0.2) is 48.0 Å². The van der Waals surface area contributed by atoms with Crippen LogP contribution in [0, 0.1) is 0 Å². The lowest BCUT2D eigenvalue weighted by Gasteiger charge is -2.27. The molecule has 0 amide bonds. The molecule has 120 valence electrons. The Labute approximate surface area is 131 Å². The Morgan fingerprint density at radius 1 is 1.43 bits per heavy atom. The van der Waals surface area contributed by atoms with Gasteiger partial charge in [0.2, 0.25) is 10.0 Å². The number of sulfonamides is 1. The fourth-order valence-electron chi connectivity index (χ4n) is 1.81. The average Bonchev–Trinajstić information content (AvgIpc) is 2.37. The third-order valence-corrected chi connectivity index (χ3v) is 4.89. The standard InChI is InChI=1S/C13H22ClN3O3S/c1-5-15-12-11(14)7-10(8-16-12)21(19,20)17(6-2)9-13(3,4)18/h7-8,18H,5-6,9H2,1-4H3,(H,15,16). The van der Waals surface area contributed by atoms with Crippen LogP contribution >= 0.6 is 11.6 Å². The average molecular weight is 336 g/mol. The van der Waals surface area contributed by atoms with Crippen LogP contribution in [0.2, 0.25) is 5.02 Å². The molecule has 0 spiro atoms. The third-order valence-electron chi connectivity index (χ3n) is 2.71. The second-order valence-corrected chi connectivity index (χ2v) is 7.62. The van der Waals surface area contributed by atoms with E-state index in [0.717, 1.165) is 0 Å². The van der Waals surface area contributed by atoms with E-state index in [1.165, 1.54) is 16.6 Å². The van der Waals surface area contributed by atoms with Crippen molar-refractivity contribution in [1.82, 2.24) is 9.29 Å². The number of nitrogens with one attached hydrogen (secondary N) is 1. The van der Waals surface area contributed by atoms with Crippen LogP contribution in [0.1, 0.15) is 27.7 Å². The maximum Gasteiger partial charge on any atom is 0.244 e. The number of rotatable bonds is 7. The van der Waals surface area contributed by atoms with Gasteiger partial charge in [-0.3, -0.25) is 0 Å². The van der Waals surface area contributed by atoms with Crippen molar-refractivity contribution in [1.29, 1.82) is 0 Å². The zero-order valence-electron chi connectivity index (χ0n) is 12.7. The summed E-state index contributed by atoms with van der Waals surface area (Å²) in [5.74, 6) is 0.448. The molecule has 1 heterocycles. The SMILES string of the molecule is CCNc1ncc(S(=O)(=O)N(CC)CC(C)(C)O)cc1Cl.